The third-order valence-electron chi connectivity index (χ3n) is 21.2. The topological polar surface area (TPSA) is 108 Å². The molecule has 0 aliphatic carbocycles. The fourth-order valence-electron chi connectivity index (χ4n) is 14.2. The van der Waals surface area contributed by atoms with Gasteiger partial charge in [0, 0.05) is 12.8 Å². The zero-order valence-electron chi connectivity index (χ0n) is 69.4. The van der Waals surface area contributed by atoms with Crippen LogP contribution in [0.5, 0.6) is 0 Å². The molecule has 0 spiro atoms. The molecule has 0 aliphatic heterocycles. The van der Waals surface area contributed by atoms with E-state index in [1.54, 1.807) is 0 Å². The van der Waals surface area contributed by atoms with Gasteiger partial charge in [-0.05, 0) is 51.4 Å². The molecule has 0 saturated carbocycles. The van der Waals surface area contributed by atoms with Crippen molar-refractivity contribution < 1.29 is 42.1 Å². The van der Waals surface area contributed by atoms with Gasteiger partial charge in [0.25, 0.3) is 0 Å². The number of carbonyl (C=O) groups excluding carboxylic acids is 2. The van der Waals surface area contributed by atoms with E-state index in [1.165, 1.54) is 411 Å². The Morgan fingerprint density at radius 2 is 0.529 bits per heavy atom. The van der Waals surface area contributed by atoms with E-state index in [0.717, 1.165) is 44.9 Å². The van der Waals surface area contributed by atoms with Gasteiger partial charge in [-0.1, -0.05) is 461 Å². The molecule has 2 unspecified atom stereocenters. The normalized spacial score (nSPS) is 13.0. The Labute approximate surface area is 637 Å². The van der Waals surface area contributed by atoms with Crippen molar-refractivity contribution in [3.05, 3.63) is 36.5 Å². The van der Waals surface area contributed by atoms with Crippen molar-refractivity contribution in [3.63, 3.8) is 0 Å². The van der Waals surface area contributed by atoms with Crippen LogP contribution in [-0.4, -0.2) is 74.9 Å². The van der Waals surface area contributed by atoms with Gasteiger partial charge in [-0.2, -0.15) is 0 Å². The number of allylic oxidation sites excluding steroid dienone is 6. The first kappa shape index (κ1) is 100. The van der Waals surface area contributed by atoms with Gasteiger partial charge in [0.15, 0.2) is 6.10 Å². The van der Waals surface area contributed by atoms with Crippen molar-refractivity contribution in [1.82, 2.24) is 0 Å². The minimum Gasteiger partial charge on any atom is -0.462 e. The number of carbonyl (C=O) groups is 2. The lowest BCUT2D eigenvalue weighted by atomic mass is 10.0. The van der Waals surface area contributed by atoms with Crippen LogP contribution in [0.1, 0.15) is 489 Å². The Hall–Kier alpha value is -1.77. The zero-order valence-corrected chi connectivity index (χ0v) is 70.3. The van der Waals surface area contributed by atoms with Crippen molar-refractivity contribution in [2.45, 2.75) is 495 Å². The number of nitrogens with zero attached hydrogens (tertiary/aromatic N) is 1. The largest absolute Gasteiger partial charge is 0.472 e. The van der Waals surface area contributed by atoms with Crippen molar-refractivity contribution in [2.75, 3.05) is 47.5 Å². The SMILES string of the molecule is CCCCCCC/C=C\C/C=C\C/C=C\CCCCCCCCCCCCCCCCCCCCCCCCC(=O)OC(COC(=O)CCCCCCCCCCCCCCCCCCCCCCCCCCCCCCCCCCCCCCCCCCC)COP(=O)(O)OCC[N+](C)(C)C. The van der Waals surface area contributed by atoms with Crippen molar-refractivity contribution in [3.8, 4) is 0 Å². The number of esters is 2. The maximum atomic E-state index is 12.9. The summed E-state index contributed by atoms with van der Waals surface area (Å²) in [6.45, 7) is 4.52. The minimum atomic E-state index is -4.40. The molecule has 0 rings (SSSR count). The van der Waals surface area contributed by atoms with Gasteiger partial charge in [0.2, 0.25) is 0 Å². The van der Waals surface area contributed by atoms with Crippen LogP contribution in [0.2, 0.25) is 0 Å². The molecule has 0 aromatic heterocycles. The molecule has 10 heteroatoms. The van der Waals surface area contributed by atoms with Crippen LogP contribution in [0.15, 0.2) is 36.5 Å². The number of hydrogen-bond donors (Lipinski definition) is 1. The lowest BCUT2D eigenvalue weighted by Gasteiger charge is -2.24. The molecule has 0 radical (unpaired) electrons. The Bertz CT molecular complexity index is 1810. The number of phosphoric ester groups is 1. The van der Waals surface area contributed by atoms with E-state index in [-0.39, 0.29) is 25.6 Å². The first-order valence-electron chi connectivity index (χ1n) is 45.7. The highest BCUT2D eigenvalue weighted by atomic mass is 31.2. The summed E-state index contributed by atoms with van der Waals surface area (Å²) in [7, 11) is 1.51. The molecule has 1 N–H and O–H groups in total. The second-order valence-electron chi connectivity index (χ2n) is 32.7. The van der Waals surface area contributed by atoms with E-state index < -0.39 is 26.5 Å². The Balaban J connectivity index is 3.82. The first-order valence-corrected chi connectivity index (χ1v) is 47.2. The highest BCUT2D eigenvalue weighted by Crippen LogP contribution is 2.43. The van der Waals surface area contributed by atoms with Gasteiger partial charge >= 0.3 is 19.8 Å². The summed E-state index contributed by atoms with van der Waals surface area (Å²) in [6.07, 6.45) is 111. The van der Waals surface area contributed by atoms with Crippen LogP contribution in [0.4, 0.5) is 0 Å². The lowest BCUT2D eigenvalue weighted by Crippen LogP contribution is -2.37. The third kappa shape index (κ3) is 87.1. The zero-order chi connectivity index (χ0) is 74.0. The van der Waals surface area contributed by atoms with Gasteiger partial charge in [0.05, 0.1) is 27.7 Å². The molecular weight excluding hydrogens is 1280 g/mol. The fraction of sp³-hybridized carbons (Fsp3) is 0.913. The van der Waals surface area contributed by atoms with Crippen LogP contribution >= 0.6 is 7.82 Å². The number of rotatable bonds is 87. The monoisotopic (exact) mass is 1460 g/mol. The first-order chi connectivity index (χ1) is 50.0. The van der Waals surface area contributed by atoms with Crippen molar-refractivity contribution >= 4 is 19.8 Å². The van der Waals surface area contributed by atoms with Crippen LogP contribution in [-0.2, 0) is 32.7 Å². The quantitative estimate of drug-likeness (QED) is 0.0211. The van der Waals surface area contributed by atoms with Crippen LogP contribution < -0.4 is 0 Å². The Kier molecular flexibility index (Phi) is 81.8. The van der Waals surface area contributed by atoms with Crippen LogP contribution in [0, 0.1) is 0 Å². The number of unbranched alkanes of at least 4 members (excludes halogenated alkanes) is 67. The van der Waals surface area contributed by atoms with E-state index in [9.17, 15) is 19.0 Å². The molecule has 0 aromatic carbocycles. The molecule has 102 heavy (non-hydrogen) atoms. The molecule has 0 saturated heterocycles. The minimum absolute atomic E-state index is 0.0357. The fourth-order valence-corrected chi connectivity index (χ4v) is 15.0. The smallest absolute Gasteiger partial charge is 0.462 e. The van der Waals surface area contributed by atoms with Crippen molar-refractivity contribution in [2.24, 2.45) is 0 Å². The molecule has 0 amide bonds. The maximum Gasteiger partial charge on any atom is 0.472 e. The summed E-state index contributed by atoms with van der Waals surface area (Å²) in [5, 5.41) is 0. The second-order valence-corrected chi connectivity index (χ2v) is 34.2. The average Bonchev–Trinajstić information content (AvgIpc) is 0.913. The number of ether oxygens (including phenoxy) is 2. The summed E-state index contributed by atoms with van der Waals surface area (Å²) in [5.41, 5.74) is 0. The molecular formula is C92H179NO8P+. The molecule has 0 fully saturated rings. The van der Waals surface area contributed by atoms with E-state index in [4.69, 9.17) is 18.5 Å². The highest BCUT2D eigenvalue weighted by Gasteiger charge is 2.27. The third-order valence-corrected chi connectivity index (χ3v) is 22.2. The van der Waals surface area contributed by atoms with E-state index in [1.807, 2.05) is 21.1 Å². The Morgan fingerprint density at radius 3 is 0.784 bits per heavy atom. The van der Waals surface area contributed by atoms with Crippen molar-refractivity contribution in [1.29, 1.82) is 0 Å². The summed E-state index contributed by atoms with van der Waals surface area (Å²) < 4.78 is 34.9. The molecule has 0 heterocycles. The number of hydrogen-bond acceptors (Lipinski definition) is 7. The molecule has 604 valence electrons. The van der Waals surface area contributed by atoms with E-state index in [0.29, 0.717) is 23.9 Å². The molecule has 2 atom stereocenters. The summed E-state index contributed by atoms with van der Waals surface area (Å²) >= 11 is 0. The highest BCUT2D eigenvalue weighted by molar-refractivity contribution is 7.47. The van der Waals surface area contributed by atoms with Gasteiger partial charge in [-0.3, -0.25) is 18.6 Å². The molecule has 9 nitrogen and oxygen atoms in total. The van der Waals surface area contributed by atoms with Crippen LogP contribution in [0.3, 0.4) is 0 Å². The molecule has 0 aromatic rings. The van der Waals surface area contributed by atoms with Gasteiger partial charge < -0.3 is 18.9 Å². The van der Waals surface area contributed by atoms with Crippen LogP contribution in [0.25, 0.3) is 0 Å². The summed E-state index contributed by atoms with van der Waals surface area (Å²) in [5.74, 6) is -0.767. The standard InChI is InChI=1S/C92H178NO8P/c1-6-8-10-12-14-16-18-20-22-24-26-28-30-32-34-36-38-40-42-44-45-46-47-49-50-52-54-56-58-60-62-64-66-68-70-72-74-76-78-80-82-84-91(94)98-88-90(89-100-102(96,97)99-87-86-93(3,4)5)101-92(95)85-83-81-79-77-75-73-71-69-67-65-63-61-59-57-55-53-51-48-43-41-39-37-35-33-31-29-27-25-23-21-19-17-15-13-11-9-7-2/h19,21,25,27,31,33,90H,6-18,20,22-24,26,28-30,32,34-89H2,1-5H3/p+1/b21-19-,27-25-,33-31-. The second kappa shape index (κ2) is 83.3. The predicted octanol–water partition coefficient (Wildman–Crippen LogP) is 30.9. The summed E-state index contributed by atoms with van der Waals surface area (Å²) in [4.78, 5) is 36.1. The number of quaternary nitrogens is 1. The summed E-state index contributed by atoms with van der Waals surface area (Å²) in [6, 6.07) is 0. The maximum absolute atomic E-state index is 12.9. The van der Waals surface area contributed by atoms with Gasteiger partial charge in [-0.15, -0.1) is 0 Å². The molecule has 0 aliphatic rings. The van der Waals surface area contributed by atoms with Gasteiger partial charge in [0.1, 0.15) is 19.8 Å². The van der Waals surface area contributed by atoms with E-state index in [2.05, 4.69) is 50.3 Å². The van der Waals surface area contributed by atoms with E-state index >= 15 is 0 Å². The average molecular weight is 1460 g/mol. The predicted molar refractivity (Wildman–Crippen MR) is 446 cm³/mol. The Morgan fingerprint density at radius 1 is 0.304 bits per heavy atom. The van der Waals surface area contributed by atoms with Gasteiger partial charge in [-0.25, -0.2) is 4.57 Å². The lowest BCUT2D eigenvalue weighted by molar-refractivity contribution is -0.870. The molecule has 0 bridgehead atoms. The number of likely N-dealkylation sites (N-methyl/N-ethyl adjacent to an activating group) is 1. The number of phosphoric acid groups is 1.